The lowest BCUT2D eigenvalue weighted by Crippen LogP contribution is -2.32. The van der Waals surface area contributed by atoms with Gasteiger partial charge in [0, 0.05) is 10.6 Å². The van der Waals surface area contributed by atoms with Gasteiger partial charge in [-0.3, -0.25) is 0 Å². The molecule has 1 saturated carbocycles. The van der Waals surface area contributed by atoms with Gasteiger partial charge < -0.3 is 5.11 Å². The predicted octanol–water partition coefficient (Wildman–Crippen LogP) is 4.59. The van der Waals surface area contributed by atoms with Crippen LogP contribution in [0.3, 0.4) is 0 Å². The second kappa shape index (κ2) is 7.63. The van der Waals surface area contributed by atoms with Crippen LogP contribution in [0.15, 0.2) is 47.4 Å². The fourth-order valence-electron chi connectivity index (χ4n) is 3.52. The number of aliphatic hydroxyl groups is 1. The Balaban J connectivity index is 1.78. The number of hydrogen-bond acceptors (Lipinski definition) is 4. The van der Waals surface area contributed by atoms with Gasteiger partial charge in [0.05, 0.1) is 27.9 Å². The van der Waals surface area contributed by atoms with Crippen molar-refractivity contribution in [2.45, 2.75) is 43.1 Å². The summed E-state index contributed by atoms with van der Waals surface area (Å²) in [5.74, 6) is 0.141. The topological polar surface area (TPSA) is 78.2 Å². The Morgan fingerprint density at radius 1 is 1.19 bits per heavy atom. The Hall–Kier alpha value is -1.87. The molecule has 4 nitrogen and oxygen atoms in total. The Kier molecular flexibility index (Phi) is 5.62. The van der Waals surface area contributed by atoms with E-state index in [9.17, 15) is 13.5 Å². The Morgan fingerprint density at radius 3 is 2.37 bits per heavy atom. The summed E-state index contributed by atoms with van der Waals surface area (Å²) in [5.41, 5.74) is 1.44. The number of sulfone groups is 1. The van der Waals surface area contributed by atoms with Crippen LogP contribution in [0.1, 0.15) is 38.2 Å². The van der Waals surface area contributed by atoms with Crippen molar-refractivity contribution in [2.24, 2.45) is 5.92 Å². The number of benzene rings is 2. The van der Waals surface area contributed by atoms with E-state index in [4.69, 9.17) is 16.9 Å². The molecular weight excluding hydrogens is 382 g/mol. The summed E-state index contributed by atoms with van der Waals surface area (Å²) < 4.78 is 25.6. The molecule has 0 spiro atoms. The van der Waals surface area contributed by atoms with Gasteiger partial charge in [-0.15, -0.1) is 0 Å². The van der Waals surface area contributed by atoms with Crippen molar-refractivity contribution in [1.82, 2.24) is 0 Å². The van der Waals surface area contributed by atoms with Crippen molar-refractivity contribution in [3.8, 4) is 17.2 Å². The molecule has 0 bridgehead atoms. The first-order valence-electron chi connectivity index (χ1n) is 8.95. The van der Waals surface area contributed by atoms with Crippen molar-refractivity contribution >= 4 is 21.4 Å². The van der Waals surface area contributed by atoms with Crippen molar-refractivity contribution in [3.05, 3.63) is 53.1 Å². The van der Waals surface area contributed by atoms with Gasteiger partial charge in [-0.1, -0.05) is 29.8 Å². The number of hydrogen-bond donors (Lipinski definition) is 1. The summed E-state index contributed by atoms with van der Waals surface area (Å²) in [7, 11) is -3.44. The second-order valence-corrected chi connectivity index (χ2v) is 9.99. The maximum Gasteiger partial charge on any atom is 0.178 e. The SMILES string of the molecule is CC1(O)CCC(CS(=O)(=O)c2ccc(-c3ccc(C#N)cc3)c(Cl)c2)CC1. The van der Waals surface area contributed by atoms with E-state index in [2.05, 4.69) is 6.07 Å². The standard InChI is InChI=1S/C21H22ClNO3S/c1-21(24)10-8-16(9-11-21)14-27(25,26)18-6-7-19(20(22)12-18)17-4-2-15(13-23)3-5-17/h2-7,12,16,24H,8-11,14H2,1H3. The fraction of sp³-hybridized carbons (Fsp3) is 0.381. The Morgan fingerprint density at radius 2 is 1.81 bits per heavy atom. The van der Waals surface area contributed by atoms with Crippen molar-refractivity contribution < 1.29 is 13.5 Å². The summed E-state index contributed by atoms with van der Waals surface area (Å²) in [6.07, 6.45) is 2.68. The molecule has 1 fully saturated rings. The smallest absolute Gasteiger partial charge is 0.178 e. The summed E-state index contributed by atoms with van der Waals surface area (Å²) in [4.78, 5) is 0.224. The third-order valence-electron chi connectivity index (χ3n) is 5.26. The summed E-state index contributed by atoms with van der Waals surface area (Å²) in [6.45, 7) is 1.80. The van der Waals surface area contributed by atoms with E-state index in [1.807, 2.05) is 0 Å². The molecule has 27 heavy (non-hydrogen) atoms. The maximum absolute atomic E-state index is 12.8. The number of rotatable bonds is 4. The van der Waals surface area contributed by atoms with E-state index in [1.165, 1.54) is 6.07 Å². The van der Waals surface area contributed by atoms with Crippen LogP contribution >= 0.6 is 11.6 Å². The monoisotopic (exact) mass is 403 g/mol. The van der Waals surface area contributed by atoms with Crippen LogP contribution in [0.5, 0.6) is 0 Å². The molecule has 6 heteroatoms. The van der Waals surface area contributed by atoms with Gasteiger partial charge in [0.1, 0.15) is 0 Å². The Bertz CT molecular complexity index is 965. The largest absolute Gasteiger partial charge is 0.390 e. The molecule has 0 unspecified atom stereocenters. The molecule has 2 aromatic rings. The van der Waals surface area contributed by atoms with Crippen LogP contribution in [0.4, 0.5) is 0 Å². The van der Waals surface area contributed by atoms with Crippen molar-refractivity contribution in [2.75, 3.05) is 5.75 Å². The molecule has 0 saturated heterocycles. The first-order valence-corrected chi connectivity index (χ1v) is 11.0. The van der Waals surface area contributed by atoms with Gasteiger partial charge in [0.2, 0.25) is 0 Å². The lowest BCUT2D eigenvalue weighted by Gasteiger charge is -2.32. The zero-order chi connectivity index (χ0) is 19.7. The highest BCUT2D eigenvalue weighted by atomic mass is 35.5. The molecule has 0 atom stereocenters. The van der Waals surface area contributed by atoms with E-state index in [-0.39, 0.29) is 16.6 Å². The maximum atomic E-state index is 12.8. The highest BCUT2D eigenvalue weighted by molar-refractivity contribution is 7.91. The second-order valence-electron chi connectivity index (χ2n) is 7.55. The Labute approximate surface area is 165 Å². The number of nitrogens with zero attached hydrogens (tertiary/aromatic N) is 1. The molecule has 0 aromatic heterocycles. The van der Waals surface area contributed by atoms with E-state index < -0.39 is 15.4 Å². The fourth-order valence-corrected chi connectivity index (χ4v) is 5.59. The predicted molar refractivity (Wildman–Crippen MR) is 106 cm³/mol. The molecule has 1 aliphatic carbocycles. The van der Waals surface area contributed by atoms with Gasteiger partial charge in [-0.25, -0.2) is 8.42 Å². The highest BCUT2D eigenvalue weighted by Crippen LogP contribution is 2.35. The normalized spacial score (nSPS) is 23.0. The lowest BCUT2D eigenvalue weighted by atomic mass is 9.81. The minimum Gasteiger partial charge on any atom is -0.390 e. The van der Waals surface area contributed by atoms with Crippen molar-refractivity contribution in [1.29, 1.82) is 5.26 Å². The van der Waals surface area contributed by atoms with Crippen LogP contribution in [-0.2, 0) is 9.84 Å². The van der Waals surface area contributed by atoms with Crippen LogP contribution in [0.25, 0.3) is 11.1 Å². The minimum atomic E-state index is -3.44. The van der Waals surface area contributed by atoms with Crippen molar-refractivity contribution in [3.63, 3.8) is 0 Å². The van der Waals surface area contributed by atoms with Crippen LogP contribution in [-0.4, -0.2) is 24.9 Å². The minimum absolute atomic E-state index is 0.0622. The van der Waals surface area contributed by atoms with E-state index in [0.717, 1.165) is 11.1 Å². The summed E-state index contributed by atoms with van der Waals surface area (Å²) in [6, 6.07) is 13.9. The molecule has 1 N–H and O–H groups in total. The van der Waals surface area contributed by atoms with Crippen LogP contribution in [0.2, 0.25) is 5.02 Å². The average Bonchev–Trinajstić information content (AvgIpc) is 2.63. The quantitative estimate of drug-likeness (QED) is 0.809. The number of halogens is 1. The van der Waals surface area contributed by atoms with Gasteiger partial charge >= 0.3 is 0 Å². The van der Waals surface area contributed by atoms with E-state index >= 15 is 0 Å². The molecule has 142 valence electrons. The van der Waals surface area contributed by atoms with Crippen LogP contribution in [0, 0.1) is 17.2 Å². The first kappa shape index (κ1) is 19.9. The van der Waals surface area contributed by atoms with E-state index in [0.29, 0.717) is 36.3 Å². The van der Waals surface area contributed by atoms with Gasteiger partial charge in [-0.05, 0) is 68.4 Å². The molecular formula is C21H22ClNO3S. The molecule has 0 amide bonds. The van der Waals surface area contributed by atoms with Crippen LogP contribution < -0.4 is 0 Å². The van der Waals surface area contributed by atoms with Gasteiger partial charge in [-0.2, -0.15) is 5.26 Å². The third kappa shape index (κ3) is 4.70. The summed E-state index contributed by atoms with van der Waals surface area (Å²) >= 11 is 6.36. The first-order chi connectivity index (χ1) is 12.7. The third-order valence-corrected chi connectivity index (χ3v) is 7.46. The molecule has 3 rings (SSSR count). The van der Waals surface area contributed by atoms with Gasteiger partial charge in [0.15, 0.2) is 9.84 Å². The van der Waals surface area contributed by atoms with E-state index in [1.54, 1.807) is 43.3 Å². The molecule has 0 aliphatic heterocycles. The molecule has 0 heterocycles. The highest BCUT2D eigenvalue weighted by Gasteiger charge is 2.31. The molecule has 1 aliphatic rings. The average molecular weight is 404 g/mol. The summed E-state index contributed by atoms with van der Waals surface area (Å²) in [5, 5.41) is 19.3. The lowest BCUT2D eigenvalue weighted by molar-refractivity contribution is 0.0108. The zero-order valence-corrected chi connectivity index (χ0v) is 16.7. The molecule has 2 aromatic carbocycles. The zero-order valence-electron chi connectivity index (χ0n) is 15.2. The molecule has 0 radical (unpaired) electrons. The number of nitriles is 1. The van der Waals surface area contributed by atoms with Gasteiger partial charge in [0.25, 0.3) is 0 Å².